The first kappa shape index (κ1) is 46.4. The summed E-state index contributed by atoms with van der Waals surface area (Å²) >= 11 is 0. The van der Waals surface area contributed by atoms with Crippen molar-refractivity contribution in [3.05, 3.63) is 0 Å². The fraction of sp³-hybridized carbons (Fsp3) is 0.929. The van der Waals surface area contributed by atoms with Crippen LogP contribution in [-0.2, 0) is 28.6 Å². The van der Waals surface area contributed by atoms with Gasteiger partial charge in [-0.15, -0.1) is 0 Å². The average Bonchev–Trinajstić information content (AvgIpc) is 3.08. The molecule has 0 saturated heterocycles. The Bertz CT molecular complexity index is 708. The Hall–Kier alpha value is -1.59. The van der Waals surface area contributed by atoms with Crippen LogP contribution in [0.4, 0.5) is 0 Å². The van der Waals surface area contributed by atoms with Crippen LogP contribution in [0.25, 0.3) is 0 Å². The Balaban J connectivity index is 4.16. The van der Waals surface area contributed by atoms with Crippen LogP contribution in [0.15, 0.2) is 0 Å². The van der Waals surface area contributed by atoms with Gasteiger partial charge in [0.1, 0.15) is 13.2 Å². The van der Waals surface area contributed by atoms with E-state index < -0.39 is 6.10 Å². The molecule has 0 aromatic rings. The van der Waals surface area contributed by atoms with Gasteiger partial charge < -0.3 is 14.2 Å². The molecule has 0 bridgehead atoms. The lowest BCUT2D eigenvalue weighted by Crippen LogP contribution is -2.30. The highest BCUT2D eigenvalue weighted by Crippen LogP contribution is 2.15. The second-order valence-corrected chi connectivity index (χ2v) is 14.3. The van der Waals surface area contributed by atoms with Gasteiger partial charge in [0.2, 0.25) is 0 Å². The summed E-state index contributed by atoms with van der Waals surface area (Å²) in [4.78, 5) is 37.3. The summed E-state index contributed by atoms with van der Waals surface area (Å²) in [6, 6.07) is 0. The van der Waals surface area contributed by atoms with Gasteiger partial charge in [-0.3, -0.25) is 14.4 Å². The molecule has 0 unspecified atom stereocenters. The maximum atomic E-state index is 12.5. The van der Waals surface area contributed by atoms with Crippen LogP contribution < -0.4 is 0 Å². The fourth-order valence-corrected chi connectivity index (χ4v) is 6.15. The highest BCUT2D eigenvalue weighted by molar-refractivity contribution is 5.71. The molecule has 0 rings (SSSR count). The van der Waals surface area contributed by atoms with E-state index in [1.165, 1.54) is 135 Å². The highest BCUT2D eigenvalue weighted by atomic mass is 16.6. The molecule has 0 aromatic carbocycles. The smallest absolute Gasteiger partial charge is 0.306 e. The Labute approximate surface area is 298 Å². The largest absolute Gasteiger partial charge is 0.462 e. The molecule has 48 heavy (non-hydrogen) atoms. The maximum Gasteiger partial charge on any atom is 0.306 e. The molecule has 0 amide bonds. The zero-order valence-electron chi connectivity index (χ0n) is 32.3. The number of hydrogen-bond donors (Lipinski definition) is 0. The van der Waals surface area contributed by atoms with Crippen molar-refractivity contribution in [1.29, 1.82) is 0 Å². The van der Waals surface area contributed by atoms with Crippen LogP contribution in [0.1, 0.15) is 233 Å². The van der Waals surface area contributed by atoms with Crippen molar-refractivity contribution in [3.63, 3.8) is 0 Å². The highest BCUT2D eigenvalue weighted by Gasteiger charge is 2.19. The van der Waals surface area contributed by atoms with Gasteiger partial charge in [-0.05, 0) is 19.3 Å². The van der Waals surface area contributed by atoms with Crippen molar-refractivity contribution in [2.45, 2.75) is 239 Å². The van der Waals surface area contributed by atoms with Gasteiger partial charge >= 0.3 is 17.9 Å². The third-order valence-corrected chi connectivity index (χ3v) is 9.36. The predicted molar refractivity (Wildman–Crippen MR) is 201 cm³/mol. The summed E-state index contributed by atoms with van der Waals surface area (Å²) in [6.07, 6.45) is 36.8. The van der Waals surface area contributed by atoms with E-state index in [4.69, 9.17) is 14.2 Å². The van der Waals surface area contributed by atoms with E-state index in [0.717, 1.165) is 57.8 Å². The van der Waals surface area contributed by atoms with E-state index in [-0.39, 0.29) is 31.1 Å². The molecule has 0 aromatic heterocycles. The average molecular weight is 681 g/mol. The number of hydrogen-bond acceptors (Lipinski definition) is 6. The zero-order valence-corrected chi connectivity index (χ0v) is 32.3. The van der Waals surface area contributed by atoms with Crippen molar-refractivity contribution in [2.75, 3.05) is 13.2 Å². The monoisotopic (exact) mass is 681 g/mol. The zero-order chi connectivity index (χ0) is 35.2. The molecular weight excluding hydrogens is 600 g/mol. The molecular formula is C42H80O6. The molecule has 0 radical (unpaired) electrons. The maximum absolute atomic E-state index is 12.5. The third kappa shape index (κ3) is 35.7. The van der Waals surface area contributed by atoms with Crippen LogP contribution in [0, 0.1) is 0 Å². The van der Waals surface area contributed by atoms with Gasteiger partial charge in [0, 0.05) is 19.3 Å². The molecule has 284 valence electrons. The molecule has 1 atom stereocenters. The van der Waals surface area contributed by atoms with Crippen molar-refractivity contribution < 1.29 is 28.6 Å². The number of carbonyl (C=O) groups is 3. The molecule has 0 aliphatic rings. The lowest BCUT2D eigenvalue weighted by Gasteiger charge is -2.18. The fourth-order valence-electron chi connectivity index (χ4n) is 6.15. The second-order valence-electron chi connectivity index (χ2n) is 14.3. The first-order chi connectivity index (χ1) is 23.5. The summed E-state index contributed by atoms with van der Waals surface area (Å²) in [7, 11) is 0. The molecule has 0 fully saturated rings. The summed E-state index contributed by atoms with van der Waals surface area (Å²) in [5, 5.41) is 0. The minimum absolute atomic E-state index is 0.0643. The topological polar surface area (TPSA) is 78.9 Å². The van der Waals surface area contributed by atoms with E-state index in [2.05, 4.69) is 20.8 Å². The Morgan fingerprint density at radius 1 is 0.333 bits per heavy atom. The van der Waals surface area contributed by atoms with Gasteiger partial charge in [0.15, 0.2) is 6.10 Å². The van der Waals surface area contributed by atoms with Gasteiger partial charge in [-0.2, -0.15) is 0 Å². The van der Waals surface area contributed by atoms with Gasteiger partial charge in [-0.25, -0.2) is 0 Å². The predicted octanol–water partition coefficient (Wildman–Crippen LogP) is 12.9. The molecule has 0 N–H and O–H groups in total. The lowest BCUT2D eigenvalue weighted by molar-refractivity contribution is -0.167. The first-order valence-corrected chi connectivity index (χ1v) is 21.0. The van der Waals surface area contributed by atoms with Crippen molar-refractivity contribution in [2.24, 2.45) is 0 Å². The van der Waals surface area contributed by atoms with E-state index in [0.29, 0.717) is 19.3 Å². The quantitative estimate of drug-likeness (QED) is 0.0367. The van der Waals surface area contributed by atoms with Crippen molar-refractivity contribution in [3.8, 4) is 0 Å². The first-order valence-electron chi connectivity index (χ1n) is 21.0. The molecule has 0 aliphatic heterocycles. The van der Waals surface area contributed by atoms with Crippen LogP contribution in [-0.4, -0.2) is 37.2 Å². The van der Waals surface area contributed by atoms with E-state index >= 15 is 0 Å². The number of esters is 3. The molecule has 0 heterocycles. The number of ether oxygens (including phenoxy) is 3. The van der Waals surface area contributed by atoms with E-state index in [1.54, 1.807) is 0 Å². The molecule has 0 saturated carbocycles. The Morgan fingerprint density at radius 2 is 0.562 bits per heavy atom. The summed E-state index contributed by atoms with van der Waals surface area (Å²) in [6.45, 7) is 6.56. The molecule has 0 spiro atoms. The Morgan fingerprint density at radius 3 is 0.833 bits per heavy atom. The van der Waals surface area contributed by atoms with Crippen LogP contribution in [0.5, 0.6) is 0 Å². The second kappa shape index (κ2) is 38.2. The van der Waals surface area contributed by atoms with Gasteiger partial charge in [-0.1, -0.05) is 194 Å². The molecule has 0 aliphatic carbocycles. The van der Waals surface area contributed by atoms with E-state index in [9.17, 15) is 14.4 Å². The van der Waals surface area contributed by atoms with Gasteiger partial charge in [0.05, 0.1) is 0 Å². The standard InChI is InChI=1S/C42H80O6/c1-4-7-10-13-16-17-18-19-20-21-22-23-24-27-29-32-35-41(44)47-38-39(48-42(45)36-33-30-26-15-12-9-6-3)37-46-40(43)34-31-28-25-14-11-8-5-2/h39H,4-38H2,1-3H3/t39-/m1/s1. The van der Waals surface area contributed by atoms with Crippen LogP contribution in [0.2, 0.25) is 0 Å². The number of unbranched alkanes of at least 4 members (excludes halogenated alkanes) is 27. The lowest BCUT2D eigenvalue weighted by atomic mass is 10.0. The summed E-state index contributed by atoms with van der Waals surface area (Å²) < 4.78 is 16.5. The molecule has 6 nitrogen and oxygen atoms in total. The minimum atomic E-state index is -0.755. The SMILES string of the molecule is CCCCCCCCCCCCCCCCCCC(=O)OC[C@@H](COC(=O)CCCCCCCCC)OC(=O)CCCCCCCCC. The Kier molecular flexibility index (Phi) is 36.9. The van der Waals surface area contributed by atoms with Gasteiger partial charge in [0.25, 0.3) is 0 Å². The molecule has 6 heteroatoms. The minimum Gasteiger partial charge on any atom is -0.462 e. The van der Waals surface area contributed by atoms with Crippen LogP contribution >= 0.6 is 0 Å². The van der Waals surface area contributed by atoms with Crippen LogP contribution in [0.3, 0.4) is 0 Å². The summed E-state index contributed by atoms with van der Waals surface area (Å²) in [5.41, 5.74) is 0. The third-order valence-electron chi connectivity index (χ3n) is 9.36. The van der Waals surface area contributed by atoms with E-state index in [1.807, 2.05) is 0 Å². The normalized spacial score (nSPS) is 11.8. The number of rotatable bonds is 38. The summed E-state index contributed by atoms with van der Waals surface area (Å²) in [5.74, 6) is -0.871. The van der Waals surface area contributed by atoms with Crippen molar-refractivity contribution in [1.82, 2.24) is 0 Å². The van der Waals surface area contributed by atoms with Crippen molar-refractivity contribution >= 4 is 17.9 Å². The number of carbonyl (C=O) groups excluding carboxylic acids is 3.